The Kier molecular flexibility index (Phi) is 5.01. The summed E-state index contributed by atoms with van der Waals surface area (Å²) in [5.74, 6) is 1.28. The Morgan fingerprint density at radius 1 is 1.50 bits per heavy atom. The van der Waals surface area contributed by atoms with Gasteiger partial charge in [-0.2, -0.15) is 0 Å². The summed E-state index contributed by atoms with van der Waals surface area (Å²) in [6.07, 6.45) is 3.31. The number of ether oxygens (including phenoxy) is 1. The number of amides is 1. The normalized spacial score (nSPS) is 21.4. The average Bonchev–Trinajstić information content (AvgIpc) is 2.47. The number of nitrogens with two attached hydrogens (primary N) is 1. The maximum atomic E-state index is 11.3. The molecule has 2 unspecified atom stereocenters. The standard InChI is InChI=1S/C16H24N2O2/c1-12(16(17)19)18-9-5-6-13(11-18)10-14-7-3-4-8-15(14)20-2/h3-4,7-8,12-13H,5-6,9-11H2,1-2H3,(H2,17,19). The van der Waals surface area contributed by atoms with Gasteiger partial charge in [0.1, 0.15) is 5.75 Å². The summed E-state index contributed by atoms with van der Waals surface area (Å²) in [6.45, 7) is 3.79. The van der Waals surface area contributed by atoms with E-state index in [1.807, 2.05) is 25.1 Å². The van der Waals surface area contributed by atoms with Crippen LogP contribution in [0.3, 0.4) is 0 Å². The molecule has 20 heavy (non-hydrogen) atoms. The van der Waals surface area contributed by atoms with Crippen molar-refractivity contribution in [1.29, 1.82) is 0 Å². The largest absolute Gasteiger partial charge is 0.496 e. The Morgan fingerprint density at radius 3 is 2.95 bits per heavy atom. The fraction of sp³-hybridized carbons (Fsp3) is 0.562. The molecule has 0 spiro atoms. The van der Waals surface area contributed by atoms with Gasteiger partial charge in [-0.3, -0.25) is 9.69 Å². The Balaban J connectivity index is 2.01. The van der Waals surface area contributed by atoms with Crippen molar-refractivity contribution < 1.29 is 9.53 Å². The van der Waals surface area contributed by atoms with Crippen LogP contribution in [0.15, 0.2) is 24.3 Å². The van der Waals surface area contributed by atoms with Gasteiger partial charge in [0.15, 0.2) is 0 Å². The van der Waals surface area contributed by atoms with Gasteiger partial charge in [0, 0.05) is 6.54 Å². The van der Waals surface area contributed by atoms with E-state index in [2.05, 4.69) is 11.0 Å². The summed E-state index contributed by atoms with van der Waals surface area (Å²) in [4.78, 5) is 13.5. The second kappa shape index (κ2) is 6.75. The smallest absolute Gasteiger partial charge is 0.234 e. The number of nitrogens with zero attached hydrogens (tertiary/aromatic N) is 1. The highest BCUT2D eigenvalue weighted by Gasteiger charge is 2.26. The van der Waals surface area contributed by atoms with Crippen molar-refractivity contribution in [3.63, 3.8) is 0 Å². The van der Waals surface area contributed by atoms with Crippen molar-refractivity contribution in [3.8, 4) is 5.75 Å². The fourth-order valence-electron chi connectivity index (χ4n) is 2.98. The highest BCUT2D eigenvalue weighted by Crippen LogP contribution is 2.26. The van der Waals surface area contributed by atoms with Crippen LogP contribution in [0.4, 0.5) is 0 Å². The van der Waals surface area contributed by atoms with Gasteiger partial charge < -0.3 is 10.5 Å². The molecule has 0 radical (unpaired) electrons. The maximum absolute atomic E-state index is 11.3. The highest BCUT2D eigenvalue weighted by atomic mass is 16.5. The van der Waals surface area contributed by atoms with E-state index in [4.69, 9.17) is 10.5 Å². The third-order valence-electron chi connectivity index (χ3n) is 4.21. The molecule has 0 aliphatic carbocycles. The first kappa shape index (κ1) is 14.9. The number of primary amides is 1. The zero-order valence-corrected chi connectivity index (χ0v) is 12.3. The van der Waals surface area contributed by atoms with E-state index >= 15 is 0 Å². The first-order chi connectivity index (χ1) is 9.61. The van der Waals surface area contributed by atoms with Gasteiger partial charge in [0.05, 0.1) is 13.2 Å². The Morgan fingerprint density at radius 2 is 2.25 bits per heavy atom. The molecule has 1 aliphatic heterocycles. The predicted octanol–water partition coefficient (Wildman–Crippen LogP) is 1.82. The van der Waals surface area contributed by atoms with Crippen molar-refractivity contribution in [2.45, 2.75) is 32.2 Å². The van der Waals surface area contributed by atoms with Crippen molar-refractivity contribution in [2.24, 2.45) is 11.7 Å². The van der Waals surface area contributed by atoms with Gasteiger partial charge in [-0.05, 0) is 50.3 Å². The van der Waals surface area contributed by atoms with Crippen molar-refractivity contribution >= 4 is 5.91 Å². The maximum Gasteiger partial charge on any atom is 0.234 e. The zero-order valence-electron chi connectivity index (χ0n) is 12.3. The summed E-state index contributed by atoms with van der Waals surface area (Å²) in [5.41, 5.74) is 6.65. The molecule has 1 fully saturated rings. The number of hydrogen-bond donors (Lipinski definition) is 1. The first-order valence-corrected chi connectivity index (χ1v) is 7.27. The quantitative estimate of drug-likeness (QED) is 0.892. The third kappa shape index (κ3) is 3.51. The molecule has 1 saturated heterocycles. The van der Waals surface area contributed by atoms with Crippen LogP contribution in [0.5, 0.6) is 5.75 Å². The van der Waals surface area contributed by atoms with Crippen molar-refractivity contribution in [3.05, 3.63) is 29.8 Å². The minimum absolute atomic E-state index is 0.171. The van der Waals surface area contributed by atoms with Gasteiger partial charge in [-0.15, -0.1) is 0 Å². The van der Waals surface area contributed by atoms with Gasteiger partial charge in [-0.25, -0.2) is 0 Å². The molecule has 4 heteroatoms. The average molecular weight is 276 g/mol. The summed E-state index contributed by atoms with van der Waals surface area (Å²) >= 11 is 0. The van der Waals surface area contributed by atoms with Crippen LogP contribution in [0.25, 0.3) is 0 Å². The van der Waals surface area contributed by atoms with Crippen LogP contribution in [-0.4, -0.2) is 37.0 Å². The minimum Gasteiger partial charge on any atom is -0.496 e. The molecular weight excluding hydrogens is 252 g/mol. The van der Waals surface area contributed by atoms with E-state index in [1.165, 1.54) is 12.0 Å². The third-order valence-corrected chi connectivity index (χ3v) is 4.21. The number of benzene rings is 1. The number of para-hydroxylation sites is 1. The second-order valence-electron chi connectivity index (χ2n) is 5.60. The van der Waals surface area contributed by atoms with Crippen LogP contribution in [-0.2, 0) is 11.2 Å². The van der Waals surface area contributed by atoms with Crippen LogP contribution in [0.1, 0.15) is 25.3 Å². The summed E-state index contributed by atoms with van der Waals surface area (Å²) in [5, 5.41) is 0. The predicted molar refractivity (Wildman–Crippen MR) is 79.7 cm³/mol. The Hall–Kier alpha value is -1.55. The van der Waals surface area contributed by atoms with Crippen LogP contribution in [0.2, 0.25) is 0 Å². The Labute approximate surface area is 120 Å². The lowest BCUT2D eigenvalue weighted by atomic mass is 9.90. The number of hydrogen-bond acceptors (Lipinski definition) is 3. The number of likely N-dealkylation sites (tertiary alicyclic amines) is 1. The number of methoxy groups -OCH3 is 1. The molecule has 1 aromatic carbocycles. The van der Waals surface area contributed by atoms with E-state index in [-0.39, 0.29) is 11.9 Å². The molecule has 2 N–H and O–H groups in total. The first-order valence-electron chi connectivity index (χ1n) is 7.27. The molecule has 4 nitrogen and oxygen atoms in total. The highest BCUT2D eigenvalue weighted by molar-refractivity contribution is 5.79. The summed E-state index contributed by atoms with van der Waals surface area (Å²) in [6, 6.07) is 7.99. The lowest BCUT2D eigenvalue weighted by Crippen LogP contribution is -2.47. The molecule has 0 saturated carbocycles. The van der Waals surface area contributed by atoms with Gasteiger partial charge in [0.25, 0.3) is 0 Å². The number of rotatable bonds is 5. The SMILES string of the molecule is COc1ccccc1CC1CCCN(C(C)C(N)=O)C1. The molecule has 2 rings (SSSR count). The Bertz CT molecular complexity index is 462. The fourth-order valence-corrected chi connectivity index (χ4v) is 2.98. The molecule has 110 valence electrons. The van der Waals surface area contributed by atoms with E-state index < -0.39 is 0 Å². The number of piperidine rings is 1. The summed E-state index contributed by atoms with van der Waals surface area (Å²) in [7, 11) is 1.71. The van der Waals surface area contributed by atoms with Gasteiger partial charge >= 0.3 is 0 Å². The van der Waals surface area contributed by atoms with Crippen LogP contribution >= 0.6 is 0 Å². The lowest BCUT2D eigenvalue weighted by molar-refractivity contribution is -0.123. The van der Waals surface area contributed by atoms with Crippen LogP contribution < -0.4 is 10.5 Å². The molecule has 1 aromatic rings. The second-order valence-corrected chi connectivity index (χ2v) is 5.60. The van der Waals surface area contributed by atoms with E-state index in [0.29, 0.717) is 5.92 Å². The molecule has 1 heterocycles. The molecule has 1 aliphatic rings. The molecule has 0 aromatic heterocycles. The monoisotopic (exact) mass is 276 g/mol. The van der Waals surface area contributed by atoms with Gasteiger partial charge in [0.2, 0.25) is 5.91 Å². The molecule has 0 bridgehead atoms. The van der Waals surface area contributed by atoms with Crippen molar-refractivity contribution in [2.75, 3.05) is 20.2 Å². The molecule has 2 atom stereocenters. The number of carbonyl (C=O) groups is 1. The molecular formula is C16H24N2O2. The number of carbonyl (C=O) groups excluding carboxylic acids is 1. The topological polar surface area (TPSA) is 55.6 Å². The summed E-state index contributed by atoms with van der Waals surface area (Å²) < 4.78 is 5.41. The minimum atomic E-state index is -0.233. The van der Waals surface area contributed by atoms with E-state index in [1.54, 1.807) is 7.11 Å². The van der Waals surface area contributed by atoms with Crippen molar-refractivity contribution in [1.82, 2.24) is 4.90 Å². The van der Waals surface area contributed by atoms with E-state index in [0.717, 1.165) is 31.7 Å². The molecule has 1 amide bonds. The van der Waals surface area contributed by atoms with Gasteiger partial charge in [-0.1, -0.05) is 18.2 Å². The zero-order chi connectivity index (χ0) is 14.5. The lowest BCUT2D eigenvalue weighted by Gasteiger charge is -2.35. The van der Waals surface area contributed by atoms with Crippen LogP contribution in [0, 0.1) is 5.92 Å². The van der Waals surface area contributed by atoms with E-state index in [9.17, 15) is 4.79 Å².